The first-order valence-electron chi connectivity index (χ1n) is 6.10. The summed E-state index contributed by atoms with van der Waals surface area (Å²) in [6.45, 7) is 2.43. The minimum absolute atomic E-state index is 0.133. The highest BCUT2D eigenvalue weighted by molar-refractivity contribution is 5.78. The topological polar surface area (TPSA) is 50.2 Å². The molecule has 1 aromatic rings. The molecule has 94 valence electrons. The van der Waals surface area contributed by atoms with Crippen molar-refractivity contribution in [2.24, 2.45) is 13.0 Å². The first-order chi connectivity index (χ1) is 8.18. The number of aromatic nitrogens is 2. The van der Waals surface area contributed by atoms with Crippen LogP contribution in [0.25, 0.3) is 0 Å². The van der Waals surface area contributed by atoms with E-state index in [1.807, 2.05) is 24.9 Å². The number of hydrogen-bond acceptors (Lipinski definition) is 3. The Morgan fingerprint density at radius 3 is 3.12 bits per heavy atom. The van der Waals surface area contributed by atoms with Gasteiger partial charge in [-0.2, -0.15) is 0 Å². The minimum Gasteiger partial charge on any atom is -0.338 e. The SMILES string of the molecule is CN(Cc1nccn1C)C(=O)[C@H]1CCCNC1. The van der Waals surface area contributed by atoms with Crippen LogP contribution in [0.4, 0.5) is 0 Å². The third kappa shape index (κ3) is 2.85. The van der Waals surface area contributed by atoms with Gasteiger partial charge >= 0.3 is 0 Å². The van der Waals surface area contributed by atoms with Gasteiger partial charge in [0.1, 0.15) is 5.82 Å². The van der Waals surface area contributed by atoms with Crippen molar-refractivity contribution < 1.29 is 4.79 Å². The molecule has 1 N–H and O–H groups in total. The molecule has 0 aliphatic carbocycles. The molecule has 0 unspecified atom stereocenters. The van der Waals surface area contributed by atoms with E-state index in [-0.39, 0.29) is 11.8 Å². The second-order valence-corrected chi connectivity index (χ2v) is 4.69. The Balaban J connectivity index is 1.93. The lowest BCUT2D eigenvalue weighted by atomic mass is 9.98. The van der Waals surface area contributed by atoms with Crippen molar-refractivity contribution >= 4 is 5.91 Å². The molecule has 1 atom stereocenters. The fraction of sp³-hybridized carbons (Fsp3) is 0.667. The van der Waals surface area contributed by atoms with Gasteiger partial charge in [-0.3, -0.25) is 4.79 Å². The standard InChI is InChI=1S/C12H20N4O/c1-15-7-6-14-11(15)9-16(2)12(17)10-4-3-5-13-8-10/h6-7,10,13H,3-5,8-9H2,1-2H3/t10-/m0/s1. The molecule has 1 amide bonds. The van der Waals surface area contributed by atoms with Gasteiger partial charge in [-0.15, -0.1) is 0 Å². The average Bonchev–Trinajstić information content (AvgIpc) is 2.75. The van der Waals surface area contributed by atoms with E-state index in [0.29, 0.717) is 6.54 Å². The number of carbonyl (C=O) groups excluding carboxylic acids is 1. The molecule has 2 heterocycles. The van der Waals surface area contributed by atoms with E-state index in [4.69, 9.17) is 0 Å². The number of carbonyl (C=O) groups is 1. The molecule has 5 nitrogen and oxygen atoms in total. The number of piperidine rings is 1. The summed E-state index contributed by atoms with van der Waals surface area (Å²) in [5, 5.41) is 3.27. The molecule has 1 aliphatic rings. The summed E-state index contributed by atoms with van der Waals surface area (Å²) in [7, 11) is 3.80. The van der Waals surface area contributed by atoms with Gasteiger partial charge in [0.2, 0.25) is 5.91 Å². The van der Waals surface area contributed by atoms with Crippen molar-refractivity contribution in [3.63, 3.8) is 0 Å². The van der Waals surface area contributed by atoms with Crippen LogP contribution >= 0.6 is 0 Å². The van der Waals surface area contributed by atoms with Crippen LogP contribution in [0.1, 0.15) is 18.7 Å². The maximum absolute atomic E-state index is 12.2. The van der Waals surface area contributed by atoms with Crippen LogP contribution in [-0.2, 0) is 18.4 Å². The lowest BCUT2D eigenvalue weighted by molar-refractivity contribution is -0.135. The third-order valence-corrected chi connectivity index (χ3v) is 3.32. The molecule has 0 radical (unpaired) electrons. The normalized spacial score (nSPS) is 20.2. The van der Waals surface area contributed by atoms with Crippen LogP contribution in [0.5, 0.6) is 0 Å². The van der Waals surface area contributed by atoms with Crippen LogP contribution in [0, 0.1) is 5.92 Å². The van der Waals surface area contributed by atoms with E-state index < -0.39 is 0 Å². The van der Waals surface area contributed by atoms with Gasteiger partial charge in [0.25, 0.3) is 0 Å². The fourth-order valence-electron chi connectivity index (χ4n) is 2.21. The van der Waals surface area contributed by atoms with E-state index in [0.717, 1.165) is 31.8 Å². The molecule has 2 rings (SSSR count). The van der Waals surface area contributed by atoms with Gasteiger partial charge < -0.3 is 14.8 Å². The van der Waals surface area contributed by atoms with E-state index in [9.17, 15) is 4.79 Å². The van der Waals surface area contributed by atoms with Crippen molar-refractivity contribution in [1.82, 2.24) is 19.8 Å². The van der Waals surface area contributed by atoms with Gasteiger partial charge in [0.15, 0.2) is 0 Å². The zero-order valence-electron chi connectivity index (χ0n) is 10.5. The Labute approximate surface area is 102 Å². The second-order valence-electron chi connectivity index (χ2n) is 4.69. The highest BCUT2D eigenvalue weighted by Crippen LogP contribution is 2.13. The summed E-state index contributed by atoms with van der Waals surface area (Å²) in [5.74, 6) is 1.28. The quantitative estimate of drug-likeness (QED) is 0.825. The monoisotopic (exact) mass is 236 g/mol. The van der Waals surface area contributed by atoms with Crippen molar-refractivity contribution in [3.05, 3.63) is 18.2 Å². The van der Waals surface area contributed by atoms with Gasteiger partial charge in [0.05, 0.1) is 12.5 Å². The van der Waals surface area contributed by atoms with E-state index in [1.165, 1.54) is 0 Å². The molecule has 0 bridgehead atoms. The number of aryl methyl sites for hydroxylation is 1. The molecule has 0 aromatic carbocycles. The van der Waals surface area contributed by atoms with Crippen LogP contribution in [0.3, 0.4) is 0 Å². The number of imidazole rings is 1. The Hall–Kier alpha value is -1.36. The zero-order valence-corrected chi connectivity index (χ0v) is 10.5. The maximum atomic E-state index is 12.2. The molecule has 5 heteroatoms. The third-order valence-electron chi connectivity index (χ3n) is 3.32. The largest absolute Gasteiger partial charge is 0.338 e. The second kappa shape index (κ2) is 5.31. The molecule has 1 fully saturated rings. The Bertz CT molecular complexity index is 382. The predicted octanol–water partition coefficient (Wildman–Crippen LogP) is 0.378. The highest BCUT2D eigenvalue weighted by atomic mass is 16.2. The summed E-state index contributed by atoms with van der Waals surface area (Å²) in [6.07, 6.45) is 5.75. The molecule has 1 aromatic heterocycles. The summed E-state index contributed by atoms with van der Waals surface area (Å²) in [4.78, 5) is 18.2. The highest BCUT2D eigenvalue weighted by Gasteiger charge is 2.24. The van der Waals surface area contributed by atoms with Crippen molar-refractivity contribution in [2.45, 2.75) is 19.4 Å². The number of hydrogen-bond donors (Lipinski definition) is 1. The van der Waals surface area contributed by atoms with Gasteiger partial charge in [-0.25, -0.2) is 4.98 Å². The Morgan fingerprint density at radius 1 is 1.71 bits per heavy atom. The number of nitrogens with one attached hydrogen (secondary N) is 1. The summed E-state index contributed by atoms with van der Waals surface area (Å²) >= 11 is 0. The summed E-state index contributed by atoms with van der Waals surface area (Å²) in [5.41, 5.74) is 0. The molecular weight excluding hydrogens is 216 g/mol. The minimum atomic E-state index is 0.133. The molecular formula is C12H20N4O. The zero-order chi connectivity index (χ0) is 12.3. The molecule has 17 heavy (non-hydrogen) atoms. The van der Waals surface area contributed by atoms with Crippen molar-refractivity contribution in [2.75, 3.05) is 20.1 Å². The van der Waals surface area contributed by atoms with Gasteiger partial charge in [-0.05, 0) is 19.4 Å². The van der Waals surface area contributed by atoms with E-state index >= 15 is 0 Å². The summed E-state index contributed by atoms with van der Waals surface area (Å²) in [6, 6.07) is 0. The molecule has 0 spiro atoms. The smallest absolute Gasteiger partial charge is 0.227 e. The Kier molecular flexibility index (Phi) is 3.78. The first-order valence-corrected chi connectivity index (χ1v) is 6.10. The van der Waals surface area contributed by atoms with Crippen LogP contribution < -0.4 is 5.32 Å². The lowest BCUT2D eigenvalue weighted by Gasteiger charge is -2.26. The van der Waals surface area contributed by atoms with Crippen LogP contribution in [0.15, 0.2) is 12.4 Å². The molecule has 0 saturated carbocycles. The van der Waals surface area contributed by atoms with E-state index in [2.05, 4.69) is 10.3 Å². The number of rotatable bonds is 3. The lowest BCUT2D eigenvalue weighted by Crippen LogP contribution is -2.41. The van der Waals surface area contributed by atoms with Gasteiger partial charge in [-0.1, -0.05) is 0 Å². The van der Waals surface area contributed by atoms with Crippen molar-refractivity contribution in [1.29, 1.82) is 0 Å². The predicted molar refractivity (Wildman–Crippen MR) is 65.3 cm³/mol. The first kappa shape index (κ1) is 12.1. The Morgan fingerprint density at radius 2 is 2.53 bits per heavy atom. The van der Waals surface area contributed by atoms with Gasteiger partial charge in [0, 0.05) is 33.0 Å². The average molecular weight is 236 g/mol. The maximum Gasteiger partial charge on any atom is 0.227 e. The molecule has 1 saturated heterocycles. The summed E-state index contributed by atoms with van der Waals surface area (Å²) < 4.78 is 1.95. The molecule has 1 aliphatic heterocycles. The number of amides is 1. The fourth-order valence-corrected chi connectivity index (χ4v) is 2.21. The van der Waals surface area contributed by atoms with Crippen LogP contribution in [0.2, 0.25) is 0 Å². The number of nitrogens with zero attached hydrogens (tertiary/aromatic N) is 3. The van der Waals surface area contributed by atoms with E-state index in [1.54, 1.807) is 11.1 Å². The van der Waals surface area contributed by atoms with Crippen molar-refractivity contribution in [3.8, 4) is 0 Å². The van der Waals surface area contributed by atoms with Crippen LogP contribution in [-0.4, -0.2) is 40.5 Å².